The number of hydrogen-bond donors (Lipinski definition) is 2. The molecule has 2 rings (SSSR count). The predicted octanol–water partition coefficient (Wildman–Crippen LogP) is 2.61. The molecular weight excluding hydrogens is 224 g/mol. The van der Waals surface area contributed by atoms with Crippen molar-refractivity contribution in [3.63, 3.8) is 0 Å². The lowest BCUT2D eigenvalue weighted by molar-refractivity contribution is -0.0456. The van der Waals surface area contributed by atoms with E-state index in [-0.39, 0.29) is 18.8 Å². The van der Waals surface area contributed by atoms with Gasteiger partial charge in [-0.15, -0.1) is 0 Å². The number of halogens is 2. The third kappa shape index (κ3) is 3.05. The van der Waals surface area contributed by atoms with Gasteiger partial charge in [0.15, 0.2) is 0 Å². The lowest BCUT2D eigenvalue weighted by Gasteiger charge is -2.28. The molecule has 0 unspecified atom stereocenters. The lowest BCUT2D eigenvalue weighted by Crippen LogP contribution is -2.25. The second-order valence-corrected chi connectivity index (χ2v) is 4.78. The van der Waals surface area contributed by atoms with Gasteiger partial charge in [0.2, 0.25) is 5.92 Å². The maximum absolute atomic E-state index is 13.0. The van der Waals surface area contributed by atoms with Gasteiger partial charge in [-0.2, -0.15) is 0 Å². The van der Waals surface area contributed by atoms with Crippen LogP contribution in [0.2, 0.25) is 0 Å². The van der Waals surface area contributed by atoms with E-state index in [2.05, 4.69) is 4.98 Å². The first-order valence-corrected chi connectivity index (χ1v) is 5.85. The SMILES string of the molecule is Nc1ccc(CC2CCC(F)(F)CC2)c(N)n1. The Morgan fingerprint density at radius 2 is 1.88 bits per heavy atom. The highest BCUT2D eigenvalue weighted by molar-refractivity contribution is 5.46. The van der Waals surface area contributed by atoms with E-state index in [0.717, 1.165) is 12.0 Å². The van der Waals surface area contributed by atoms with Gasteiger partial charge in [-0.05, 0) is 36.8 Å². The first-order valence-electron chi connectivity index (χ1n) is 5.85. The molecule has 0 aromatic carbocycles. The van der Waals surface area contributed by atoms with E-state index in [9.17, 15) is 8.78 Å². The molecule has 1 heterocycles. The van der Waals surface area contributed by atoms with E-state index in [1.54, 1.807) is 6.07 Å². The summed E-state index contributed by atoms with van der Waals surface area (Å²) in [6, 6.07) is 3.54. The molecule has 17 heavy (non-hydrogen) atoms. The number of hydrogen-bond acceptors (Lipinski definition) is 3. The molecular formula is C12H17F2N3. The van der Waals surface area contributed by atoms with Gasteiger partial charge in [-0.25, -0.2) is 13.8 Å². The minimum atomic E-state index is -2.47. The number of aromatic nitrogens is 1. The van der Waals surface area contributed by atoms with E-state index in [0.29, 0.717) is 24.5 Å². The van der Waals surface area contributed by atoms with Crippen molar-refractivity contribution in [3.05, 3.63) is 17.7 Å². The fourth-order valence-electron chi connectivity index (χ4n) is 2.31. The molecule has 1 fully saturated rings. The Kier molecular flexibility index (Phi) is 3.17. The van der Waals surface area contributed by atoms with Crippen molar-refractivity contribution in [2.75, 3.05) is 11.5 Å². The van der Waals surface area contributed by atoms with E-state index < -0.39 is 5.92 Å². The topological polar surface area (TPSA) is 64.9 Å². The number of nitrogen functional groups attached to an aromatic ring is 2. The normalized spacial score (nSPS) is 20.4. The highest BCUT2D eigenvalue weighted by Gasteiger charge is 2.34. The molecule has 0 spiro atoms. The summed E-state index contributed by atoms with van der Waals surface area (Å²) in [6.45, 7) is 0. The molecule has 0 aliphatic heterocycles. The van der Waals surface area contributed by atoms with E-state index in [1.165, 1.54) is 0 Å². The van der Waals surface area contributed by atoms with Gasteiger partial charge < -0.3 is 11.5 Å². The molecule has 5 heteroatoms. The van der Waals surface area contributed by atoms with Gasteiger partial charge in [0.25, 0.3) is 0 Å². The molecule has 1 aliphatic carbocycles. The molecule has 0 amide bonds. The standard InChI is InChI=1S/C12H17F2N3/c13-12(14)5-3-8(4-6-12)7-9-1-2-10(15)17-11(9)16/h1-2,8H,3-7H2,(H4,15,16,17). The third-order valence-corrected chi connectivity index (χ3v) is 3.38. The highest BCUT2D eigenvalue weighted by atomic mass is 19.3. The fraction of sp³-hybridized carbons (Fsp3) is 0.583. The van der Waals surface area contributed by atoms with Crippen LogP contribution in [-0.4, -0.2) is 10.9 Å². The van der Waals surface area contributed by atoms with Crippen LogP contribution < -0.4 is 11.5 Å². The Labute approximate surface area is 99.2 Å². The molecule has 4 N–H and O–H groups in total. The minimum absolute atomic E-state index is 0.0139. The molecule has 1 aliphatic rings. The molecule has 94 valence electrons. The van der Waals surface area contributed by atoms with Crippen LogP contribution >= 0.6 is 0 Å². The van der Waals surface area contributed by atoms with E-state index in [4.69, 9.17) is 11.5 Å². The number of pyridine rings is 1. The van der Waals surface area contributed by atoms with Crippen LogP contribution in [0.5, 0.6) is 0 Å². The van der Waals surface area contributed by atoms with Crippen LogP contribution in [0.1, 0.15) is 31.2 Å². The largest absolute Gasteiger partial charge is 0.384 e. The summed E-state index contributed by atoms with van der Waals surface area (Å²) in [5.41, 5.74) is 12.2. The Bertz CT molecular complexity index is 397. The highest BCUT2D eigenvalue weighted by Crippen LogP contribution is 2.37. The van der Waals surface area contributed by atoms with E-state index >= 15 is 0 Å². The van der Waals surface area contributed by atoms with Crippen molar-refractivity contribution in [3.8, 4) is 0 Å². The Balaban J connectivity index is 1.98. The molecule has 1 aromatic heterocycles. The summed E-state index contributed by atoms with van der Waals surface area (Å²) in [6.07, 6.45) is 1.79. The Hall–Kier alpha value is -1.39. The summed E-state index contributed by atoms with van der Waals surface area (Å²) < 4.78 is 26.0. The average molecular weight is 241 g/mol. The molecule has 0 radical (unpaired) electrons. The van der Waals surface area contributed by atoms with Gasteiger partial charge >= 0.3 is 0 Å². The molecule has 3 nitrogen and oxygen atoms in total. The first kappa shape index (κ1) is 12.1. The zero-order valence-electron chi connectivity index (χ0n) is 9.63. The second kappa shape index (κ2) is 4.47. The van der Waals surface area contributed by atoms with Gasteiger partial charge in [-0.3, -0.25) is 0 Å². The van der Waals surface area contributed by atoms with Crippen LogP contribution in [0.25, 0.3) is 0 Å². The number of nitrogens with two attached hydrogens (primary N) is 2. The van der Waals surface area contributed by atoms with Crippen LogP contribution in [-0.2, 0) is 6.42 Å². The Morgan fingerprint density at radius 1 is 1.24 bits per heavy atom. The maximum Gasteiger partial charge on any atom is 0.248 e. The molecule has 1 aromatic rings. The summed E-state index contributed by atoms with van der Waals surface area (Å²) in [4.78, 5) is 3.98. The monoisotopic (exact) mass is 241 g/mol. The smallest absolute Gasteiger partial charge is 0.248 e. The van der Waals surface area contributed by atoms with Gasteiger partial charge in [0, 0.05) is 12.8 Å². The van der Waals surface area contributed by atoms with Gasteiger partial charge in [-0.1, -0.05) is 6.07 Å². The first-order chi connectivity index (χ1) is 7.96. The maximum atomic E-state index is 13.0. The molecule has 1 saturated carbocycles. The predicted molar refractivity (Wildman–Crippen MR) is 63.7 cm³/mol. The van der Waals surface area contributed by atoms with Crippen molar-refractivity contribution in [2.45, 2.75) is 38.0 Å². The zero-order chi connectivity index (χ0) is 12.5. The molecule has 0 atom stereocenters. The van der Waals surface area contributed by atoms with E-state index in [1.807, 2.05) is 6.07 Å². The Morgan fingerprint density at radius 3 is 2.47 bits per heavy atom. The molecule has 0 saturated heterocycles. The van der Waals surface area contributed by atoms with Gasteiger partial charge in [0.1, 0.15) is 11.6 Å². The zero-order valence-corrected chi connectivity index (χ0v) is 9.63. The number of alkyl halides is 2. The van der Waals surface area contributed by atoms with Crippen LogP contribution in [0.15, 0.2) is 12.1 Å². The van der Waals surface area contributed by atoms with Gasteiger partial charge in [0.05, 0.1) is 0 Å². The van der Waals surface area contributed by atoms with Crippen LogP contribution in [0.3, 0.4) is 0 Å². The fourth-order valence-corrected chi connectivity index (χ4v) is 2.31. The van der Waals surface area contributed by atoms with Crippen molar-refractivity contribution in [2.24, 2.45) is 5.92 Å². The number of rotatable bonds is 2. The lowest BCUT2D eigenvalue weighted by atomic mass is 9.83. The number of anilines is 2. The average Bonchev–Trinajstić information content (AvgIpc) is 2.25. The van der Waals surface area contributed by atoms with Crippen LogP contribution in [0, 0.1) is 5.92 Å². The summed E-state index contributed by atoms with van der Waals surface area (Å²) in [5.74, 6) is -1.38. The summed E-state index contributed by atoms with van der Waals surface area (Å²) >= 11 is 0. The van der Waals surface area contributed by atoms with Crippen molar-refractivity contribution in [1.82, 2.24) is 4.98 Å². The quantitative estimate of drug-likeness (QED) is 0.836. The van der Waals surface area contributed by atoms with Crippen molar-refractivity contribution < 1.29 is 8.78 Å². The second-order valence-electron chi connectivity index (χ2n) is 4.78. The minimum Gasteiger partial charge on any atom is -0.384 e. The summed E-state index contributed by atoms with van der Waals surface area (Å²) in [5, 5.41) is 0. The van der Waals surface area contributed by atoms with Crippen molar-refractivity contribution >= 4 is 11.6 Å². The molecule has 0 bridgehead atoms. The number of nitrogens with zero attached hydrogens (tertiary/aromatic N) is 1. The third-order valence-electron chi connectivity index (χ3n) is 3.38. The van der Waals surface area contributed by atoms with Crippen LogP contribution in [0.4, 0.5) is 20.4 Å². The summed E-state index contributed by atoms with van der Waals surface area (Å²) in [7, 11) is 0. The van der Waals surface area contributed by atoms with Crippen molar-refractivity contribution in [1.29, 1.82) is 0 Å².